The van der Waals surface area contributed by atoms with E-state index < -0.39 is 29.9 Å². The van der Waals surface area contributed by atoms with Crippen molar-refractivity contribution in [1.82, 2.24) is 0 Å². The molecule has 0 aromatic rings. The lowest BCUT2D eigenvalue weighted by Gasteiger charge is -2.50. The minimum atomic E-state index is -1.12. The van der Waals surface area contributed by atoms with Gasteiger partial charge in [-0.3, -0.25) is 0 Å². The molecule has 3 rings (SSSR count). The molecule has 2 aliphatic carbocycles. The van der Waals surface area contributed by atoms with Gasteiger partial charge in [-0.2, -0.15) is 0 Å². The minimum Gasteiger partial charge on any atom is -0.478 e. The molecule has 1 unspecified atom stereocenters. The molecular formula is C26H38O5. The molecule has 0 aromatic heterocycles. The van der Waals surface area contributed by atoms with Gasteiger partial charge in [0.25, 0.3) is 0 Å². The van der Waals surface area contributed by atoms with Crippen LogP contribution in [0.1, 0.15) is 53.9 Å². The van der Waals surface area contributed by atoms with Crippen LogP contribution in [-0.2, 0) is 9.53 Å². The summed E-state index contributed by atoms with van der Waals surface area (Å²) in [6, 6.07) is 0. The topological polar surface area (TPSA) is 87.0 Å². The van der Waals surface area contributed by atoms with Crippen LogP contribution in [0.2, 0.25) is 0 Å². The molecule has 1 saturated heterocycles. The predicted octanol–water partition coefficient (Wildman–Crippen LogP) is 4.27. The van der Waals surface area contributed by atoms with E-state index in [1.165, 1.54) is 11.6 Å². The van der Waals surface area contributed by atoms with Gasteiger partial charge in [0.15, 0.2) is 0 Å². The number of carboxylic acids is 1. The fraction of sp³-hybridized carbons (Fsp3) is 0.654. The van der Waals surface area contributed by atoms with Gasteiger partial charge in [-0.1, -0.05) is 61.8 Å². The Morgan fingerprint density at radius 3 is 2.71 bits per heavy atom. The predicted molar refractivity (Wildman–Crippen MR) is 121 cm³/mol. The monoisotopic (exact) mass is 430 g/mol. The summed E-state index contributed by atoms with van der Waals surface area (Å²) in [5.74, 6) is -0.654. The lowest BCUT2D eigenvalue weighted by Crippen LogP contribution is -2.55. The first-order valence-corrected chi connectivity index (χ1v) is 11.6. The number of aliphatic hydroxyl groups is 2. The van der Waals surface area contributed by atoms with Crippen molar-refractivity contribution in [3.63, 3.8) is 0 Å². The lowest BCUT2D eigenvalue weighted by atomic mass is 9.56. The standard InChI is InChI=1S/C26H38O5/c1-6-16(3)25-26(5,30)23-17(4)14-18-13-15(2)11-12-19(18)22(23)24(29)20(31-25)9-7-8-10-21(27)28/h7-11,14,16,18-20,22-25,29-30H,6,12-13H2,1-5H3,(H,27,28)/b9-7+,10-8+/t16-,18+,19-,20-,22+,23-,24-,25-,26?/m1/s1. The molecular weight excluding hydrogens is 392 g/mol. The largest absolute Gasteiger partial charge is 0.478 e. The Labute approximate surface area is 186 Å². The van der Waals surface area contributed by atoms with Crippen LogP contribution >= 0.6 is 0 Å². The first-order chi connectivity index (χ1) is 14.6. The zero-order valence-corrected chi connectivity index (χ0v) is 19.4. The molecule has 9 atom stereocenters. The zero-order valence-electron chi connectivity index (χ0n) is 19.4. The lowest BCUT2D eigenvalue weighted by molar-refractivity contribution is -0.149. The molecule has 0 radical (unpaired) electrons. The second-order valence-electron chi connectivity index (χ2n) is 9.99. The van der Waals surface area contributed by atoms with Crippen LogP contribution in [0.15, 0.2) is 47.6 Å². The Kier molecular flexibility index (Phi) is 7.29. The Balaban J connectivity index is 2.06. The van der Waals surface area contributed by atoms with E-state index in [1.807, 2.05) is 6.92 Å². The highest BCUT2D eigenvalue weighted by molar-refractivity contribution is 5.80. The highest BCUT2D eigenvalue weighted by atomic mass is 16.5. The molecule has 31 heavy (non-hydrogen) atoms. The van der Waals surface area contributed by atoms with Crippen LogP contribution in [0.25, 0.3) is 0 Å². The Morgan fingerprint density at radius 2 is 2.06 bits per heavy atom. The van der Waals surface area contributed by atoms with Gasteiger partial charge in [-0.25, -0.2) is 4.79 Å². The van der Waals surface area contributed by atoms with E-state index in [0.29, 0.717) is 5.92 Å². The van der Waals surface area contributed by atoms with Crippen molar-refractivity contribution in [3.8, 4) is 0 Å². The van der Waals surface area contributed by atoms with Gasteiger partial charge in [0.2, 0.25) is 0 Å². The molecule has 0 aromatic carbocycles. The first-order valence-electron chi connectivity index (χ1n) is 11.6. The van der Waals surface area contributed by atoms with E-state index in [0.717, 1.165) is 30.9 Å². The number of allylic oxidation sites excluding steroid dienone is 5. The van der Waals surface area contributed by atoms with Crippen LogP contribution in [0.4, 0.5) is 0 Å². The van der Waals surface area contributed by atoms with Crippen LogP contribution in [-0.4, -0.2) is 45.2 Å². The summed E-state index contributed by atoms with van der Waals surface area (Å²) in [7, 11) is 0. The molecule has 0 spiro atoms. The van der Waals surface area contributed by atoms with Gasteiger partial charge in [0.1, 0.15) is 6.10 Å². The number of hydrogen-bond acceptors (Lipinski definition) is 4. The number of carbonyl (C=O) groups is 1. The smallest absolute Gasteiger partial charge is 0.328 e. The summed E-state index contributed by atoms with van der Waals surface area (Å²) in [5, 5.41) is 32.4. The van der Waals surface area contributed by atoms with Gasteiger partial charge in [0.05, 0.1) is 17.8 Å². The van der Waals surface area contributed by atoms with E-state index in [-0.39, 0.29) is 23.7 Å². The number of ether oxygens (including phenoxy) is 1. The number of hydrogen-bond donors (Lipinski definition) is 3. The Hall–Kier alpha value is -1.69. The maximum absolute atomic E-state index is 11.9. The maximum Gasteiger partial charge on any atom is 0.328 e. The number of aliphatic hydroxyl groups excluding tert-OH is 1. The third-order valence-electron chi connectivity index (χ3n) is 7.74. The summed E-state index contributed by atoms with van der Waals surface area (Å²) in [6.45, 7) is 10.3. The van der Waals surface area contributed by atoms with Crippen LogP contribution < -0.4 is 0 Å². The second kappa shape index (κ2) is 9.43. The highest BCUT2D eigenvalue weighted by Crippen LogP contribution is 2.53. The van der Waals surface area contributed by atoms with E-state index in [1.54, 1.807) is 12.2 Å². The van der Waals surface area contributed by atoms with Gasteiger partial charge in [0, 0.05) is 17.9 Å². The Bertz CT molecular complexity index is 790. The van der Waals surface area contributed by atoms with Crippen molar-refractivity contribution in [3.05, 3.63) is 47.6 Å². The summed E-state index contributed by atoms with van der Waals surface area (Å²) < 4.78 is 6.43. The van der Waals surface area contributed by atoms with E-state index in [2.05, 4.69) is 39.8 Å². The van der Waals surface area contributed by atoms with Crippen molar-refractivity contribution >= 4 is 5.97 Å². The summed E-state index contributed by atoms with van der Waals surface area (Å²) >= 11 is 0. The zero-order chi connectivity index (χ0) is 22.9. The fourth-order valence-corrected chi connectivity index (χ4v) is 6.22. The molecule has 1 aliphatic heterocycles. The molecule has 1 fully saturated rings. The molecule has 172 valence electrons. The Morgan fingerprint density at radius 1 is 1.35 bits per heavy atom. The summed E-state index contributed by atoms with van der Waals surface area (Å²) in [6.07, 6.45) is 11.3. The van der Waals surface area contributed by atoms with Crippen molar-refractivity contribution < 1.29 is 24.9 Å². The number of fused-ring (bicyclic) bond motifs is 3. The molecule has 5 heteroatoms. The summed E-state index contributed by atoms with van der Waals surface area (Å²) in [4.78, 5) is 10.8. The van der Waals surface area contributed by atoms with Crippen molar-refractivity contribution in [2.75, 3.05) is 0 Å². The second-order valence-corrected chi connectivity index (χ2v) is 9.99. The quantitative estimate of drug-likeness (QED) is 0.344. The molecule has 3 aliphatic rings. The SMILES string of the molecule is CC[C@@H](C)[C@H]1O[C@H](/C=C/C=C/C(=O)O)[C@@H](O)[C@H]2[C@@H]3CC=C(C)C[C@H]3C=C(C)[C@H]2C1(C)O. The minimum absolute atomic E-state index is 0.102. The third kappa shape index (κ3) is 4.74. The van der Waals surface area contributed by atoms with Crippen LogP contribution in [0, 0.1) is 29.6 Å². The highest BCUT2D eigenvalue weighted by Gasteiger charge is 2.57. The summed E-state index contributed by atoms with van der Waals surface area (Å²) in [5.41, 5.74) is 1.39. The molecule has 1 heterocycles. The van der Waals surface area contributed by atoms with Crippen molar-refractivity contribution in [2.24, 2.45) is 29.6 Å². The van der Waals surface area contributed by atoms with E-state index in [4.69, 9.17) is 9.84 Å². The van der Waals surface area contributed by atoms with Gasteiger partial charge >= 0.3 is 5.97 Å². The average molecular weight is 431 g/mol. The number of rotatable bonds is 5. The molecule has 3 N–H and O–H groups in total. The fourth-order valence-electron chi connectivity index (χ4n) is 6.22. The van der Waals surface area contributed by atoms with Crippen LogP contribution in [0.3, 0.4) is 0 Å². The first kappa shape index (κ1) is 24.0. The maximum atomic E-state index is 11.9. The molecule has 0 bridgehead atoms. The molecule has 5 nitrogen and oxygen atoms in total. The van der Waals surface area contributed by atoms with Gasteiger partial charge in [-0.05, 0) is 51.4 Å². The average Bonchev–Trinajstić information content (AvgIpc) is 2.78. The third-order valence-corrected chi connectivity index (χ3v) is 7.74. The molecule has 0 amide bonds. The number of aliphatic carboxylic acids is 1. The normalized spacial score (nSPS) is 41.8. The van der Waals surface area contributed by atoms with Crippen molar-refractivity contribution in [1.29, 1.82) is 0 Å². The van der Waals surface area contributed by atoms with E-state index >= 15 is 0 Å². The number of carboxylic acid groups (broad SMARTS) is 1. The van der Waals surface area contributed by atoms with Gasteiger partial charge in [-0.15, -0.1) is 0 Å². The van der Waals surface area contributed by atoms with Gasteiger partial charge < -0.3 is 20.1 Å². The molecule has 0 saturated carbocycles. The van der Waals surface area contributed by atoms with Crippen LogP contribution in [0.5, 0.6) is 0 Å². The van der Waals surface area contributed by atoms with E-state index in [9.17, 15) is 15.0 Å². The van der Waals surface area contributed by atoms with Crippen molar-refractivity contribution in [2.45, 2.75) is 77.8 Å².